The number of aliphatic hydroxyl groups excluding tert-OH is 1. The SMILES string of the molecule is CCCCCCCC(=O)CC(CCCCCC)C(C)O. The summed E-state index contributed by atoms with van der Waals surface area (Å²) in [6.45, 7) is 6.24. The van der Waals surface area contributed by atoms with Crippen LogP contribution in [-0.2, 0) is 4.79 Å². The maximum atomic E-state index is 12.0. The van der Waals surface area contributed by atoms with Gasteiger partial charge >= 0.3 is 0 Å². The van der Waals surface area contributed by atoms with Crippen LogP contribution in [0, 0.1) is 5.92 Å². The number of unbranched alkanes of at least 4 members (excludes halogenated alkanes) is 7. The third kappa shape index (κ3) is 11.5. The highest BCUT2D eigenvalue weighted by Gasteiger charge is 2.18. The predicted molar refractivity (Wildman–Crippen MR) is 86.9 cm³/mol. The van der Waals surface area contributed by atoms with Crippen LogP contribution in [0.1, 0.15) is 97.8 Å². The van der Waals surface area contributed by atoms with Crippen LogP contribution in [-0.4, -0.2) is 17.0 Å². The first kappa shape index (κ1) is 19.6. The number of hydrogen-bond donors (Lipinski definition) is 1. The van der Waals surface area contributed by atoms with Crippen molar-refractivity contribution >= 4 is 5.78 Å². The second kappa shape index (κ2) is 13.6. The smallest absolute Gasteiger partial charge is 0.133 e. The second-order valence-electron chi connectivity index (χ2n) is 6.26. The summed E-state index contributed by atoms with van der Waals surface area (Å²) in [4.78, 5) is 12.0. The summed E-state index contributed by atoms with van der Waals surface area (Å²) >= 11 is 0. The Balaban J connectivity index is 3.78. The van der Waals surface area contributed by atoms with Crippen LogP contribution in [0.5, 0.6) is 0 Å². The largest absolute Gasteiger partial charge is 0.393 e. The van der Waals surface area contributed by atoms with Gasteiger partial charge in [-0.05, 0) is 25.7 Å². The first-order valence-electron chi connectivity index (χ1n) is 8.81. The zero-order valence-electron chi connectivity index (χ0n) is 14.0. The summed E-state index contributed by atoms with van der Waals surface area (Å²) in [6.07, 6.45) is 12.8. The van der Waals surface area contributed by atoms with E-state index in [2.05, 4.69) is 13.8 Å². The molecule has 0 aromatic heterocycles. The number of hydrogen-bond acceptors (Lipinski definition) is 2. The van der Waals surface area contributed by atoms with E-state index in [-0.39, 0.29) is 12.0 Å². The Bertz CT molecular complexity index is 223. The highest BCUT2D eigenvalue weighted by atomic mass is 16.3. The average molecular weight is 284 g/mol. The van der Waals surface area contributed by atoms with Crippen molar-refractivity contribution in [2.75, 3.05) is 0 Å². The summed E-state index contributed by atoms with van der Waals surface area (Å²) in [5.74, 6) is 0.526. The molecule has 2 heteroatoms. The van der Waals surface area contributed by atoms with E-state index in [1.165, 1.54) is 44.9 Å². The molecule has 20 heavy (non-hydrogen) atoms. The lowest BCUT2D eigenvalue weighted by molar-refractivity contribution is -0.121. The van der Waals surface area contributed by atoms with E-state index < -0.39 is 0 Å². The molecule has 0 aliphatic carbocycles. The number of rotatable bonds is 14. The van der Waals surface area contributed by atoms with E-state index in [4.69, 9.17) is 0 Å². The number of carbonyl (C=O) groups is 1. The third-order valence-corrected chi connectivity index (χ3v) is 4.16. The van der Waals surface area contributed by atoms with Crippen LogP contribution in [0.25, 0.3) is 0 Å². The van der Waals surface area contributed by atoms with Crippen molar-refractivity contribution in [2.45, 2.75) is 104 Å². The summed E-state index contributed by atoms with van der Waals surface area (Å²) in [6, 6.07) is 0. The molecule has 2 unspecified atom stereocenters. The van der Waals surface area contributed by atoms with Crippen molar-refractivity contribution < 1.29 is 9.90 Å². The van der Waals surface area contributed by atoms with E-state index >= 15 is 0 Å². The molecule has 0 radical (unpaired) electrons. The molecule has 0 saturated carbocycles. The number of aliphatic hydroxyl groups is 1. The van der Waals surface area contributed by atoms with Crippen LogP contribution in [0.3, 0.4) is 0 Å². The molecule has 0 amide bonds. The zero-order chi connectivity index (χ0) is 15.2. The zero-order valence-corrected chi connectivity index (χ0v) is 14.0. The van der Waals surface area contributed by atoms with Gasteiger partial charge in [0.25, 0.3) is 0 Å². The molecule has 2 nitrogen and oxygen atoms in total. The molecule has 0 spiro atoms. The van der Waals surface area contributed by atoms with Crippen molar-refractivity contribution in [2.24, 2.45) is 5.92 Å². The maximum absolute atomic E-state index is 12.0. The Hall–Kier alpha value is -0.370. The Morgan fingerprint density at radius 2 is 1.45 bits per heavy atom. The lowest BCUT2D eigenvalue weighted by Crippen LogP contribution is -2.20. The van der Waals surface area contributed by atoms with Crippen LogP contribution in [0.4, 0.5) is 0 Å². The average Bonchev–Trinajstić information content (AvgIpc) is 2.41. The van der Waals surface area contributed by atoms with Gasteiger partial charge in [0.15, 0.2) is 0 Å². The standard InChI is InChI=1S/C18H36O2/c1-4-6-8-10-12-14-18(20)15-17(16(3)19)13-11-9-7-5-2/h16-17,19H,4-15H2,1-3H3. The Morgan fingerprint density at radius 1 is 0.900 bits per heavy atom. The fourth-order valence-corrected chi connectivity index (χ4v) is 2.67. The fraction of sp³-hybridized carbons (Fsp3) is 0.944. The second-order valence-corrected chi connectivity index (χ2v) is 6.26. The molecule has 1 N–H and O–H groups in total. The fourth-order valence-electron chi connectivity index (χ4n) is 2.67. The molecular formula is C18H36O2. The van der Waals surface area contributed by atoms with Gasteiger partial charge in [-0.3, -0.25) is 4.79 Å². The van der Waals surface area contributed by atoms with Gasteiger partial charge in [-0.25, -0.2) is 0 Å². The highest BCUT2D eigenvalue weighted by Crippen LogP contribution is 2.20. The molecule has 120 valence electrons. The molecule has 0 saturated heterocycles. The van der Waals surface area contributed by atoms with Gasteiger partial charge in [0.1, 0.15) is 5.78 Å². The minimum atomic E-state index is -0.347. The molecule has 0 aliphatic rings. The Labute approximate surface area is 126 Å². The monoisotopic (exact) mass is 284 g/mol. The molecule has 2 atom stereocenters. The Morgan fingerprint density at radius 3 is 2.00 bits per heavy atom. The van der Waals surface area contributed by atoms with Gasteiger partial charge < -0.3 is 5.11 Å². The molecule has 0 aromatic carbocycles. The first-order chi connectivity index (χ1) is 9.61. The summed E-state index contributed by atoms with van der Waals surface area (Å²) in [5, 5.41) is 9.81. The van der Waals surface area contributed by atoms with E-state index in [1.54, 1.807) is 0 Å². The lowest BCUT2D eigenvalue weighted by Gasteiger charge is -2.19. The molecule has 0 bridgehead atoms. The summed E-state index contributed by atoms with van der Waals surface area (Å²) in [7, 11) is 0. The van der Waals surface area contributed by atoms with Crippen LogP contribution < -0.4 is 0 Å². The molecular weight excluding hydrogens is 248 g/mol. The summed E-state index contributed by atoms with van der Waals surface area (Å²) < 4.78 is 0. The molecule has 0 aromatic rings. The van der Waals surface area contributed by atoms with Crippen molar-refractivity contribution in [1.82, 2.24) is 0 Å². The minimum absolute atomic E-state index is 0.176. The first-order valence-corrected chi connectivity index (χ1v) is 8.81. The van der Waals surface area contributed by atoms with Gasteiger partial charge in [-0.2, -0.15) is 0 Å². The molecule has 0 fully saturated rings. The lowest BCUT2D eigenvalue weighted by atomic mass is 9.90. The number of Topliss-reactive ketones (excluding diaryl/α,β-unsaturated/α-hetero) is 1. The van der Waals surface area contributed by atoms with Gasteiger partial charge in [0, 0.05) is 12.8 Å². The quantitative estimate of drug-likeness (QED) is 0.441. The number of ketones is 1. The Kier molecular flexibility index (Phi) is 13.4. The van der Waals surface area contributed by atoms with Crippen molar-refractivity contribution in [1.29, 1.82) is 0 Å². The van der Waals surface area contributed by atoms with Crippen LogP contribution in [0.15, 0.2) is 0 Å². The van der Waals surface area contributed by atoms with E-state index in [0.717, 1.165) is 19.3 Å². The van der Waals surface area contributed by atoms with Gasteiger partial charge in [-0.1, -0.05) is 65.2 Å². The molecule has 0 heterocycles. The third-order valence-electron chi connectivity index (χ3n) is 4.16. The highest BCUT2D eigenvalue weighted by molar-refractivity contribution is 5.78. The van der Waals surface area contributed by atoms with Crippen molar-refractivity contribution in [3.63, 3.8) is 0 Å². The van der Waals surface area contributed by atoms with Crippen molar-refractivity contribution in [3.05, 3.63) is 0 Å². The van der Waals surface area contributed by atoms with Gasteiger partial charge in [0.05, 0.1) is 6.10 Å². The topological polar surface area (TPSA) is 37.3 Å². The van der Waals surface area contributed by atoms with Crippen LogP contribution >= 0.6 is 0 Å². The van der Waals surface area contributed by atoms with E-state index in [0.29, 0.717) is 18.6 Å². The molecule has 0 rings (SSSR count). The number of carbonyl (C=O) groups excluding carboxylic acids is 1. The van der Waals surface area contributed by atoms with E-state index in [9.17, 15) is 9.90 Å². The normalized spacial score (nSPS) is 14.2. The molecule has 0 aliphatic heterocycles. The van der Waals surface area contributed by atoms with Crippen LogP contribution in [0.2, 0.25) is 0 Å². The van der Waals surface area contributed by atoms with Crippen molar-refractivity contribution in [3.8, 4) is 0 Å². The summed E-state index contributed by atoms with van der Waals surface area (Å²) in [5.41, 5.74) is 0. The van der Waals surface area contributed by atoms with Gasteiger partial charge in [-0.15, -0.1) is 0 Å². The minimum Gasteiger partial charge on any atom is -0.393 e. The van der Waals surface area contributed by atoms with E-state index in [1.807, 2.05) is 6.92 Å². The van der Waals surface area contributed by atoms with Gasteiger partial charge in [0.2, 0.25) is 0 Å². The predicted octanol–water partition coefficient (Wildman–Crippen LogP) is 5.27. The maximum Gasteiger partial charge on any atom is 0.133 e.